The van der Waals surface area contributed by atoms with E-state index in [9.17, 15) is 4.79 Å². The molecule has 2 rings (SSSR count). The Morgan fingerprint density at radius 3 is 2.36 bits per heavy atom. The molecule has 0 bridgehead atoms. The van der Waals surface area contributed by atoms with Crippen LogP contribution in [0.5, 0.6) is 0 Å². The molecule has 0 fully saturated rings. The molecule has 0 saturated heterocycles. The number of anilines is 1. The Bertz CT molecular complexity index is 646. The molecule has 0 aliphatic heterocycles. The summed E-state index contributed by atoms with van der Waals surface area (Å²) in [5.74, 6) is 0.360. The van der Waals surface area contributed by atoms with E-state index in [2.05, 4.69) is 42.3 Å². The van der Waals surface area contributed by atoms with Gasteiger partial charge in [-0.15, -0.1) is 12.4 Å². The van der Waals surface area contributed by atoms with E-state index in [1.807, 2.05) is 36.4 Å². The molecule has 2 aromatic rings. The van der Waals surface area contributed by atoms with Crippen LogP contribution in [-0.4, -0.2) is 30.4 Å². The molecule has 0 atom stereocenters. The molecule has 3 N–H and O–H groups in total. The van der Waals surface area contributed by atoms with Crippen molar-refractivity contribution in [3.8, 4) is 0 Å². The summed E-state index contributed by atoms with van der Waals surface area (Å²) in [6.07, 6.45) is 0. The van der Waals surface area contributed by atoms with Crippen LogP contribution in [0.15, 0.2) is 54.6 Å². The van der Waals surface area contributed by atoms with E-state index >= 15 is 0 Å². The predicted octanol–water partition coefficient (Wildman–Crippen LogP) is 3.63. The van der Waals surface area contributed by atoms with Gasteiger partial charge in [0.05, 0.1) is 6.54 Å². The fraction of sp³-hybridized carbons (Fsp3) is 0.350. The summed E-state index contributed by atoms with van der Waals surface area (Å²) in [6.45, 7) is 6.52. The third kappa shape index (κ3) is 6.86. The quantitative estimate of drug-likeness (QED) is 0.754. The number of rotatable bonds is 8. The Morgan fingerprint density at radius 2 is 1.72 bits per heavy atom. The molecule has 136 valence electrons. The summed E-state index contributed by atoms with van der Waals surface area (Å²) >= 11 is 0. The molecule has 1 amide bonds. The lowest BCUT2D eigenvalue weighted by molar-refractivity contribution is -0.117. The molecule has 0 radical (unpaired) electrons. The van der Waals surface area contributed by atoms with Crippen molar-refractivity contribution in [2.24, 2.45) is 5.73 Å². The van der Waals surface area contributed by atoms with Crippen molar-refractivity contribution in [2.45, 2.75) is 26.3 Å². The number of para-hydroxylation sites is 1. The second-order valence-electron chi connectivity index (χ2n) is 6.28. The SMILES string of the molecule is CC(C)c1ccccc1NC(=O)CN(CCN)Cc1ccccc1.Cl. The second-order valence-corrected chi connectivity index (χ2v) is 6.28. The first-order valence-corrected chi connectivity index (χ1v) is 8.45. The highest BCUT2D eigenvalue weighted by molar-refractivity contribution is 5.93. The first-order chi connectivity index (χ1) is 11.6. The van der Waals surface area contributed by atoms with Gasteiger partial charge in [-0.3, -0.25) is 9.69 Å². The minimum absolute atomic E-state index is 0. The van der Waals surface area contributed by atoms with Gasteiger partial charge in [-0.05, 0) is 23.1 Å². The average molecular weight is 362 g/mol. The molecule has 0 saturated carbocycles. The van der Waals surface area contributed by atoms with Crippen molar-refractivity contribution in [3.05, 3.63) is 65.7 Å². The number of nitrogens with two attached hydrogens (primary N) is 1. The summed E-state index contributed by atoms with van der Waals surface area (Å²) in [5, 5.41) is 3.05. The van der Waals surface area contributed by atoms with E-state index < -0.39 is 0 Å². The van der Waals surface area contributed by atoms with Gasteiger partial charge in [-0.2, -0.15) is 0 Å². The third-order valence-corrected chi connectivity index (χ3v) is 3.92. The number of nitrogens with one attached hydrogen (secondary N) is 1. The number of hydrogen-bond donors (Lipinski definition) is 2. The number of halogens is 1. The Hall–Kier alpha value is -1.88. The monoisotopic (exact) mass is 361 g/mol. The van der Waals surface area contributed by atoms with Gasteiger partial charge in [0.2, 0.25) is 5.91 Å². The van der Waals surface area contributed by atoms with Gasteiger partial charge in [-0.25, -0.2) is 0 Å². The van der Waals surface area contributed by atoms with Crippen LogP contribution in [0.2, 0.25) is 0 Å². The number of amides is 1. The Labute approximate surface area is 156 Å². The minimum Gasteiger partial charge on any atom is -0.329 e. The van der Waals surface area contributed by atoms with Crippen LogP contribution in [0.4, 0.5) is 5.69 Å². The first kappa shape index (κ1) is 21.2. The molecule has 0 unspecified atom stereocenters. The largest absolute Gasteiger partial charge is 0.329 e. The third-order valence-electron chi connectivity index (χ3n) is 3.92. The lowest BCUT2D eigenvalue weighted by Crippen LogP contribution is -2.36. The van der Waals surface area contributed by atoms with Crippen molar-refractivity contribution in [2.75, 3.05) is 25.0 Å². The normalized spacial score (nSPS) is 10.6. The van der Waals surface area contributed by atoms with Crippen LogP contribution in [-0.2, 0) is 11.3 Å². The average Bonchev–Trinajstić information content (AvgIpc) is 2.56. The van der Waals surface area contributed by atoms with Gasteiger partial charge in [0.15, 0.2) is 0 Å². The number of hydrogen-bond acceptors (Lipinski definition) is 3. The van der Waals surface area contributed by atoms with Crippen LogP contribution < -0.4 is 11.1 Å². The zero-order valence-corrected chi connectivity index (χ0v) is 15.8. The summed E-state index contributed by atoms with van der Waals surface area (Å²) < 4.78 is 0. The highest BCUT2D eigenvalue weighted by Crippen LogP contribution is 2.23. The maximum atomic E-state index is 12.5. The Kier molecular flexibility index (Phi) is 9.21. The molecule has 0 aliphatic rings. The highest BCUT2D eigenvalue weighted by Gasteiger charge is 2.13. The maximum absolute atomic E-state index is 12.5. The van der Waals surface area contributed by atoms with Gasteiger partial charge in [0, 0.05) is 25.3 Å². The predicted molar refractivity (Wildman–Crippen MR) is 107 cm³/mol. The van der Waals surface area contributed by atoms with Crippen LogP contribution in [0.25, 0.3) is 0 Å². The summed E-state index contributed by atoms with van der Waals surface area (Å²) in [5.41, 5.74) is 8.93. The van der Waals surface area contributed by atoms with E-state index in [1.165, 1.54) is 5.56 Å². The zero-order valence-electron chi connectivity index (χ0n) is 14.9. The van der Waals surface area contributed by atoms with Gasteiger partial charge in [-0.1, -0.05) is 62.4 Å². The number of carbonyl (C=O) groups is 1. The van der Waals surface area contributed by atoms with E-state index in [4.69, 9.17) is 5.73 Å². The molecule has 5 heteroatoms. The van der Waals surface area contributed by atoms with E-state index in [-0.39, 0.29) is 18.3 Å². The standard InChI is InChI=1S/C20H27N3O.ClH/c1-16(2)18-10-6-7-11-19(18)22-20(24)15-23(13-12-21)14-17-8-4-3-5-9-17;/h3-11,16H,12-15,21H2,1-2H3,(H,22,24);1H. The van der Waals surface area contributed by atoms with Gasteiger partial charge < -0.3 is 11.1 Å². The lowest BCUT2D eigenvalue weighted by Gasteiger charge is -2.22. The van der Waals surface area contributed by atoms with E-state index in [1.54, 1.807) is 0 Å². The first-order valence-electron chi connectivity index (χ1n) is 8.45. The molecule has 0 heterocycles. The fourth-order valence-electron chi connectivity index (χ4n) is 2.75. The maximum Gasteiger partial charge on any atom is 0.238 e. The molecule has 0 aromatic heterocycles. The molecule has 4 nitrogen and oxygen atoms in total. The van der Waals surface area contributed by atoms with Crippen molar-refractivity contribution in [1.29, 1.82) is 0 Å². The van der Waals surface area contributed by atoms with Gasteiger partial charge in [0.25, 0.3) is 0 Å². The van der Waals surface area contributed by atoms with Crippen molar-refractivity contribution >= 4 is 24.0 Å². The molecule has 0 aliphatic carbocycles. The zero-order chi connectivity index (χ0) is 17.4. The van der Waals surface area contributed by atoms with Crippen molar-refractivity contribution in [3.63, 3.8) is 0 Å². The van der Waals surface area contributed by atoms with Crippen LogP contribution in [0.3, 0.4) is 0 Å². The van der Waals surface area contributed by atoms with Gasteiger partial charge in [0.1, 0.15) is 0 Å². The smallest absolute Gasteiger partial charge is 0.238 e. The second kappa shape index (κ2) is 10.9. The van der Waals surface area contributed by atoms with E-state index in [0.717, 1.165) is 17.8 Å². The summed E-state index contributed by atoms with van der Waals surface area (Å²) in [6, 6.07) is 18.1. The molecule has 2 aromatic carbocycles. The Morgan fingerprint density at radius 1 is 1.08 bits per heavy atom. The van der Waals surface area contributed by atoms with Crippen molar-refractivity contribution < 1.29 is 4.79 Å². The fourth-order valence-corrected chi connectivity index (χ4v) is 2.75. The molecule has 25 heavy (non-hydrogen) atoms. The number of nitrogens with zero attached hydrogens (tertiary/aromatic N) is 1. The van der Waals surface area contributed by atoms with Crippen molar-refractivity contribution in [1.82, 2.24) is 4.90 Å². The summed E-state index contributed by atoms with van der Waals surface area (Å²) in [4.78, 5) is 14.5. The molecular formula is C20H28ClN3O. The number of carbonyl (C=O) groups excluding carboxylic acids is 1. The van der Waals surface area contributed by atoms with E-state index in [0.29, 0.717) is 25.6 Å². The lowest BCUT2D eigenvalue weighted by atomic mass is 10.0. The van der Waals surface area contributed by atoms with Gasteiger partial charge >= 0.3 is 0 Å². The molecule has 0 spiro atoms. The topological polar surface area (TPSA) is 58.4 Å². The minimum atomic E-state index is -0.00696. The van der Waals surface area contributed by atoms with Crippen LogP contribution >= 0.6 is 12.4 Å². The summed E-state index contributed by atoms with van der Waals surface area (Å²) in [7, 11) is 0. The molecular weight excluding hydrogens is 334 g/mol. The van der Waals surface area contributed by atoms with Crippen LogP contribution in [0, 0.1) is 0 Å². The number of benzene rings is 2. The highest BCUT2D eigenvalue weighted by atomic mass is 35.5. The Balaban J connectivity index is 0.00000312. The van der Waals surface area contributed by atoms with Crippen LogP contribution in [0.1, 0.15) is 30.9 Å².